The van der Waals surface area contributed by atoms with Gasteiger partial charge in [0.1, 0.15) is 0 Å². The smallest absolute Gasteiger partial charge is 0.334 e. The van der Waals surface area contributed by atoms with Gasteiger partial charge in [-0.05, 0) is 24.1 Å². The highest BCUT2D eigenvalue weighted by Crippen LogP contribution is 2.20. The molecule has 1 fully saturated rings. The second-order valence-electron chi connectivity index (χ2n) is 4.56. The third-order valence-electron chi connectivity index (χ3n) is 3.25. The van der Waals surface area contributed by atoms with Crippen LogP contribution in [-0.2, 0) is 26.0 Å². The van der Waals surface area contributed by atoms with Crippen molar-refractivity contribution in [2.45, 2.75) is 24.3 Å². The van der Waals surface area contributed by atoms with Crippen molar-refractivity contribution in [3.63, 3.8) is 0 Å². The molecule has 0 saturated carbocycles. The molecule has 0 aromatic heterocycles. The van der Waals surface area contributed by atoms with Crippen molar-refractivity contribution in [2.75, 3.05) is 19.7 Å². The fourth-order valence-electron chi connectivity index (χ4n) is 2.07. The van der Waals surface area contributed by atoms with Gasteiger partial charge in [0.15, 0.2) is 6.10 Å². The first-order valence-electron chi connectivity index (χ1n) is 6.38. The van der Waals surface area contributed by atoms with E-state index >= 15 is 0 Å². The second-order valence-corrected chi connectivity index (χ2v) is 6.50. The maximum Gasteiger partial charge on any atom is 0.334 e. The highest BCUT2D eigenvalue weighted by Gasteiger charge is 2.33. The standard InChI is InChI=1S/C13H17NO5S/c1-2-10-4-3-5-11(8-10)20(17,18)14-6-7-19-12(9-14)13(15)16/h3-5,8,12H,2,6-7,9H2,1H3,(H,15,16). The fourth-order valence-corrected chi connectivity index (χ4v) is 3.56. The van der Waals surface area contributed by atoms with Crippen molar-refractivity contribution in [2.24, 2.45) is 0 Å². The molecule has 0 amide bonds. The number of hydrogen-bond acceptors (Lipinski definition) is 4. The van der Waals surface area contributed by atoms with Gasteiger partial charge in [0.25, 0.3) is 0 Å². The third-order valence-corrected chi connectivity index (χ3v) is 5.11. The summed E-state index contributed by atoms with van der Waals surface area (Å²) in [5.74, 6) is -1.15. The Hall–Kier alpha value is -1.44. The van der Waals surface area contributed by atoms with E-state index in [4.69, 9.17) is 9.84 Å². The monoisotopic (exact) mass is 299 g/mol. The third kappa shape index (κ3) is 3.00. The molecule has 0 bridgehead atoms. The fraction of sp³-hybridized carbons (Fsp3) is 0.462. The summed E-state index contributed by atoms with van der Waals surface area (Å²) >= 11 is 0. The lowest BCUT2D eigenvalue weighted by Crippen LogP contribution is -2.48. The van der Waals surface area contributed by atoms with Gasteiger partial charge in [-0.1, -0.05) is 19.1 Å². The summed E-state index contributed by atoms with van der Waals surface area (Å²) in [6.45, 7) is 2.04. The number of carboxylic acid groups (broad SMARTS) is 1. The lowest BCUT2D eigenvalue weighted by molar-refractivity contribution is -0.153. The molecule has 1 aliphatic rings. The minimum atomic E-state index is -3.67. The molecule has 6 nitrogen and oxygen atoms in total. The summed E-state index contributed by atoms with van der Waals surface area (Å²) < 4.78 is 31.2. The van der Waals surface area contributed by atoms with Crippen LogP contribution in [0.1, 0.15) is 12.5 Å². The Morgan fingerprint density at radius 2 is 2.25 bits per heavy atom. The maximum absolute atomic E-state index is 12.5. The van der Waals surface area contributed by atoms with Crippen molar-refractivity contribution in [1.29, 1.82) is 0 Å². The first-order valence-corrected chi connectivity index (χ1v) is 7.82. The molecule has 1 unspecified atom stereocenters. The van der Waals surface area contributed by atoms with Crippen LogP contribution in [0.25, 0.3) is 0 Å². The Labute approximate surface area is 118 Å². The number of aliphatic carboxylic acids is 1. The molecule has 0 radical (unpaired) electrons. The Balaban J connectivity index is 2.27. The number of benzene rings is 1. The molecule has 1 aromatic carbocycles. The van der Waals surface area contributed by atoms with Gasteiger partial charge < -0.3 is 9.84 Å². The molecule has 1 saturated heterocycles. The van der Waals surface area contributed by atoms with E-state index in [9.17, 15) is 13.2 Å². The van der Waals surface area contributed by atoms with Gasteiger partial charge in [0, 0.05) is 6.54 Å². The Morgan fingerprint density at radius 1 is 1.50 bits per heavy atom. The number of morpholine rings is 1. The molecule has 2 rings (SSSR count). The minimum Gasteiger partial charge on any atom is -0.479 e. The summed E-state index contributed by atoms with van der Waals surface area (Å²) in [7, 11) is -3.67. The van der Waals surface area contributed by atoms with E-state index in [1.807, 2.05) is 13.0 Å². The van der Waals surface area contributed by atoms with Gasteiger partial charge in [0.2, 0.25) is 10.0 Å². The summed E-state index contributed by atoms with van der Waals surface area (Å²) in [6, 6.07) is 6.71. The summed E-state index contributed by atoms with van der Waals surface area (Å²) in [6.07, 6.45) is -0.364. The molecule has 1 atom stereocenters. The van der Waals surface area contributed by atoms with Crippen molar-refractivity contribution in [3.05, 3.63) is 29.8 Å². The van der Waals surface area contributed by atoms with Gasteiger partial charge in [-0.25, -0.2) is 13.2 Å². The van der Waals surface area contributed by atoms with E-state index in [0.29, 0.717) is 0 Å². The van der Waals surface area contributed by atoms with Crippen LogP contribution < -0.4 is 0 Å². The number of rotatable bonds is 4. The van der Waals surface area contributed by atoms with Gasteiger partial charge in [0.05, 0.1) is 18.0 Å². The number of carbonyl (C=O) groups is 1. The molecule has 110 valence electrons. The van der Waals surface area contributed by atoms with E-state index in [1.54, 1.807) is 12.1 Å². The van der Waals surface area contributed by atoms with Gasteiger partial charge in [-0.3, -0.25) is 0 Å². The van der Waals surface area contributed by atoms with Crippen LogP contribution in [0.5, 0.6) is 0 Å². The quantitative estimate of drug-likeness (QED) is 0.886. The highest BCUT2D eigenvalue weighted by molar-refractivity contribution is 7.89. The van der Waals surface area contributed by atoms with Crippen molar-refractivity contribution in [3.8, 4) is 0 Å². The zero-order valence-corrected chi connectivity index (χ0v) is 12.0. The molecular weight excluding hydrogens is 282 g/mol. The van der Waals surface area contributed by atoms with E-state index in [2.05, 4.69) is 0 Å². The number of carboxylic acids is 1. The highest BCUT2D eigenvalue weighted by atomic mass is 32.2. The van der Waals surface area contributed by atoms with E-state index in [0.717, 1.165) is 12.0 Å². The van der Waals surface area contributed by atoms with Crippen molar-refractivity contribution < 1.29 is 23.1 Å². The topological polar surface area (TPSA) is 83.9 Å². The Morgan fingerprint density at radius 3 is 2.90 bits per heavy atom. The lowest BCUT2D eigenvalue weighted by Gasteiger charge is -2.30. The molecule has 1 aromatic rings. The Bertz CT molecular complexity index is 599. The SMILES string of the molecule is CCc1cccc(S(=O)(=O)N2CCOC(C(=O)O)C2)c1. The number of aryl methyl sites for hydroxylation is 1. The molecule has 20 heavy (non-hydrogen) atoms. The lowest BCUT2D eigenvalue weighted by atomic mass is 10.2. The van der Waals surface area contributed by atoms with Crippen LogP contribution in [0.3, 0.4) is 0 Å². The predicted molar refractivity (Wildman–Crippen MR) is 72.0 cm³/mol. The summed E-state index contributed by atoms with van der Waals surface area (Å²) in [5.41, 5.74) is 0.925. The molecular formula is C13H17NO5S. The average Bonchev–Trinajstić information content (AvgIpc) is 2.47. The van der Waals surface area contributed by atoms with Crippen molar-refractivity contribution in [1.82, 2.24) is 4.31 Å². The van der Waals surface area contributed by atoms with Gasteiger partial charge in [-0.2, -0.15) is 4.31 Å². The molecule has 0 spiro atoms. The van der Waals surface area contributed by atoms with Crippen molar-refractivity contribution >= 4 is 16.0 Å². The van der Waals surface area contributed by atoms with Gasteiger partial charge in [-0.15, -0.1) is 0 Å². The zero-order chi connectivity index (χ0) is 14.8. The van der Waals surface area contributed by atoms with E-state index < -0.39 is 22.1 Å². The van der Waals surface area contributed by atoms with Gasteiger partial charge >= 0.3 is 5.97 Å². The normalized spacial score (nSPS) is 20.8. The number of sulfonamides is 1. The first-order chi connectivity index (χ1) is 9.45. The van der Waals surface area contributed by atoms with Crippen LogP contribution in [0.2, 0.25) is 0 Å². The van der Waals surface area contributed by atoms with Crippen LogP contribution in [-0.4, -0.2) is 49.6 Å². The largest absolute Gasteiger partial charge is 0.479 e. The van der Waals surface area contributed by atoms with Crippen LogP contribution >= 0.6 is 0 Å². The average molecular weight is 299 g/mol. The maximum atomic E-state index is 12.5. The number of hydrogen-bond donors (Lipinski definition) is 1. The molecule has 1 heterocycles. The number of ether oxygens (including phenoxy) is 1. The summed E-state index contributed by atoms with van der Waals surface area (Å²) in [4.78, 5) is 11.1. The van der Waals surface area contributed by atoms with E-state index in [1.165, 1.54) is 10.4 Å². The Kier molecular flexibility index (Phi) is 4.42. The first kappa shape index (κ1) is 15.0. The summed E-state index contributed by atoms with van der Waals surface area (Å²) in [5, 5.41) is 8.93. The molecule has 1 aliphatic heterocycles. The minimum absolute atomic E-state index is 0.0870. The second kappa shape index (κ2) is 5.90. The predicted octanol–water partition coefficient (Wildman–Crippen LogP) is 0.723. The molecule has 1 N–H and O–H groups in total. The van der Waals surface area contributed by atoms with E-state index in [-0.39, 0.29) is 24.6 Å². The zero-order valence-electron chi connectivity index (χ0n) is 11.2. The number of nitrogens with zero attached hydrogens (tertiary/aromatic N) is 1. The van der Waals surface area contributed by atoms with Crippen LogP contribution in [0.15, 0.2) is 29.2 Å². The van der Waals surface area contributed by atoms with Crippen LogP contribution in [0.4, 0.5) is 0 Å². The molecule has 0 aliphatic carbocycles. The molecule has 7 heteroatoms. The van der Waals surface area contributed by atoms with Crippen LogP contribution in [0, 0.1) is 0 Å².